The smallest absolute Gasteiger partial charge is 0.106 e. The monoisotopic (exact) mass is 306 g/mol. The van der Waals surface area contributed by atoms with Gasteiger partial charge in [0.15, 0.2) is 0 Å². The zero-order valence-corrected chi connectivity index (χ0v) is 13.3. The molecule has 0 saturated carbocycles. The van der Waals surface area contributed by atoms with Crippen molar-refractivity contribution in [3.05, 3.63) is 53.2 Å². The van der Waals surface area contributed by atoms with Gasteiger partial charge in [-0.3, -0.25) is 0 Å². The molecule has 4 heteroatoms. The first-order chi connectivity index (χ1) is 9.72. The van der Waals surface area contributed by atoms with Crippen LogP contribution in [-0.4, -0.2) is 11.5 Å². The summed E-state index contributed by atoms with van der Waals surface area (Å²) >= 11 is 7.84. The Morgan fingerprint density at radius 3 is 2.80 bits per heavy atom. The van der Waals surface area contributed by atoms with Gasteiger partial charge in [-0.15, -0.1) is 0 Å². The summed E-state index contributed by atoms with van der Waals surface area (Å²) < 4.78 is 0. The van der Waals surface area contributed by atoms with Crippen LogP contribution in [0.25, 0.3) is 0 Å². The molecule has 0 aliphatic heterocycles. The van der Waals surface area contributed by atoms with Crippen molar-refractivity contribution in [3.8, 4) is 0 Å². The number of benzene rings is 1. The molecule has 0 aliphatic carbocycles. The first-order valence-corrected chi connectivity index (χ1v) is 8.02. The molecule has 1 heterocycles. The molecule has 106 valence electrons. The highest BCUT2D eigenvalue weighted by Gasteiger charge is 2.12. The van der Waals surface area contributed by atoms with Crippen molar-refractivity contribution >= 4 is 23.4 Å². The predicted octanol–water partition coefficient (Wildman–Crippen LogP) is 4.95. The normalized spacial score (nSPS) is 12.3. The Kier molecular flexibility index (Phi) is 5.89. The van der Waals surface area contributed by atoms with Crippen LogP contribution in [0.4, 0.5) is 0 Å². The van der Waals surface area contributed by atoms with E-state index in [-0.39, 0.29) is 6.04 Å². The topological polar surface area (TPSA) is 24.9 Å². The van der Waals surface area contributed by atoms with E-state index in [0.717, 1.165) is 27.9 Å². The maximum absolute atomic E-state index is 6.23. The van der Waals surface area contributed by atoms with Crippen LogP contribution in [0.2, 0.25) is 5.02 Å². The predicted molar refractivity (Wildman–Crippen MR) is 86.5 cm³/mol. The van der Waals surface area contributed by atoms with Gasteiger partial charge < -0.3 is 5.32 Å². The molecule has 0 aliphatic rings. The molecule has 0 saturated heterocycles. The lowest BCUT2D eigenvalue weighted by molar-refractivity contribution is 0.560. The zero-order chi connectivity index (χ0) is 14.4. The Morgan fingerprint density at radius 1 is 1.25 bits per heavy atom. The summed E-state index contributed by atoms with van der Waals surface area (Å²) in [6, 6.07) is 12.3. The fraction of sp³-hybridized carbons (Fsp3) is 0.312. The minimum atomic E-state index is 0.286. The number of hydrogen-bond donors (Lipinski definition) is 1. The van der Waals surface area contributed by atoms with E-state index in [1.165, 1.54) is 5.56 Å². The van der Waals surface area contributed by atoms with E-state index in [0.29, 0.717) is 0 Å². The van der Waals surface area contributed by atoms with Crippen LogP contribution in [0.1, 0.15) is 31.9 Å². The zero-order valence-electron chi connectivity index (χ0n) is 11.8. The molecule has 1 aromatic heterocycles. The van der Waals surface area contributed by atoms with Crippen LogP contribution in [0.5, 0.6) is 0 Å². The number of aromatic nitrogens is 1. The Bertz CT molecular complexity index is 560. The van der Waals surface area contributed by atoms with Crippen LogP contribution in [-0.2, 0) is 0 Å². The lowest BCUT2D eigenvalue weighted by Gasteiger charge is -2.16. The molecule has 0 amide bonds. The fourth-order valence-electron chi connectivity index (χ4n) is 1.92. The molecule has 0 bridgehead atoms. The second-order valence-corrected chi connectivity index (χ2v) is 6.04. The van der Waals surface area contributed by atoms with Gasteiger partial charge in [0, 0.05) is 22.7 Å². The van der Waals surface area contributed by atoms with Gasteiger partial charge in [-0.25, -0.2) is 4.98 Å². The van der Waals surface area contributed by atoms with Crippen molar-refractivity contribution in [1.82, 2.24) is 10.3 Å². The van der Waals surface area contributed by atoms with E-state index >= 15 is 0 Å². The van der Waals surface area contributed by atoms with E-state index in [9.17, 15) is 0 Å². The molecule has 2 aromatic rings. The van der Waals surface area contributed by atoms with Gasteiger partial charge in [0.25, 0.3) is 0 Å². The van der Waals surface area contributed by atoms with E-state index in [2.05, 4.69) is 30.2 Å². The van der Waals surface area contributed by atoms with Crippen molar-refractivity contribution in [2.45, 2.75) is 36.2 Å². The van der Waals surface area contributed by atoms with Gasteiger partial charge >= 0.3 is 0 Å². The Labute approximate surface area is 130 Å². The Hall–Kier alpha value is -1.03. The third kappa shape index (κ3) is 3.98. The quantitative estimate of drug-likeness (QED) is 0.817. The maximum atomic E-state index is 6.23. The van der Waals surface area contributed by atoms with Crippen molar-refractivity contribution in [1.29, 1.82) is 0 Å². The summed E-state index contributed by atoms with van der Waals surface area (Å²) in [6.07, 6.45) is 2.95. The molecule has 0 fully saturated rings. The third-order valence-electron chi connectivity index (χ3n) is 3.01. The van der Waals surface area contributed by atoms with Gasteiger partial charge in [0.2, 0.25) is 0 Å². The van der Waals surface area contributed by atoms with E-state index in [1.807, 2.05) is 36.5 Å². The average Bonchev–Trinajstić information content (AvgIpc) is 2.48. The number of rotatable bonds is 6. The van der Waals surface area contributed by atoms with E-state index in [4.69, 9.17) is 11.6 Å². The molecular formula is C16H19ClN2S. The molecule has 1 atom stereocenters. The molecule has 0 radical (unpaired) electrons. The maximum Gasteiger partial charge on any atom is 0.106 e. The first-order valence-electron chi connectivity index (χ1n) is 6.83. The van der Waals surface area contributed by atoms with Crippen LogP contribution < -0.4 is 5.32 Å². The van der Waals surface area contributed by atoms with Gasteiger partial charge in [0.1, 0.15) is 5.03 Å². The number of nitrogens with one attached hydrogen (secondary N) is 1. The van der Waals surface area contributed by atoms with E-state index < -0.39 is 0 Å². The third-order valence-corrected chi connectivity index (χ3v) is 4.56. The summed E-state index contributed by atoms with van der Waals surface area (Å²) in [5.41, 5.74) is 1.21. The first kappa shape index (κ1) is 15.4. The summed E-state index contributed by atoms with van der Waals surface area (Å²) in [5, 5.41) is 5.28. The molecular weight excluding hydrogens is 288 g/mol. The SMILES string of the molecule is CCCNC(C)c1cccnc1Sc1ccccc1Cl. The Morgan fingerprint density at radius 2 is 2.05 bits per heavy atom. The molecule has 20 heavy (non-hydrogen) atoms. The largest absolute Gasteiger partial charge is 0.310 e. The lowest BCUT2D eigenvalue weighted by Crippen LogP contribution is -2.20. The van der Waals surface area contributed by atoms with Crippen molar-refractivity contribution in [3.63, 3.8) is 0 Å². The molecule has 1 N–H and O–H groups in total. The molecule has 1 unspecified atom stereocenters. The van der Waals surface area contributed by atoms with E-state index in [1.54, 1.807) is 11.8 Å². The summed E-state index contributed by atoms with van der Waals surface area (Å²) in [7, 11) is 0. The van der Waals surface area contributed by atoms with Gasteiger partial charge in [0.05, 0.1) is 5.02 Å². The van der Waals surface area contributed by atoms with Gasteiger partial charge in [-0.2, -0.15) is 0 Å². The van der Waals surface area contributed by atoms with Crippen LogP contribution in [0.15, 0.2) is 52.5 Å². The van der Waals surface area contributed by atoms with Crippen molar-refractivity contribution < 1.29 is 0 Å². The second kappa shape index (κ2) is 7.67. The van der Waals surface area contributed by atoms with Crippen molar-refractivity contribution in [2.24, 2.45) is 0 Å². The highest BCUT2D eigenvalue weighted by molar-refractivity contribution is 7.99. The second-order valence-electron chi connectivity index (χ2n) is 4.61. The highest BCUT2D eigenvalue weighted by atomic mass is 35.5. The number of hydrogen-bond acceptors (Lipinski definition) is 3. The number of nitrogens with zero attached hydrogens (tertiary/aromatic N) is 1. The molecule has 2 nitrogen and oxygen atoms in total. The highest BCUT2D eigenvalue weighted by Crippen LogP contribution is 2.35. The number of pyridine rings is 1. The van der Waals surface area contributed by atoms with Crippen LogP contribution in [0, 0.1) is 0 Å². The average molecular weight is 307 g/mol. The summed E-state index contributed by atoms with van der Waals surface area (Å²) in [4.78, 5) is 5.55. The Balaban J connectivity index is 2.22. The molecule has 1 aromatic carbocycles. The molecule has 0 spiro atoms. The fourth-order valence-corrected chi connectivity index (χ4v) is 3.17. The summed E-state index contributed by atoms with van der Waals surface area (Å²) in [5.74, 6) is 0. The van der Waals surface area contributed by atoms with Gasteiger partial charge in [-0.1, -0.05) is 48.5 Å². The number of halogens is 1. The van der Waals surface area contributed by atoms with Gasteiger partial charge in [-0.05, 0) is 38.1 Å². The van der Waals surface area contributed by atoms with Crippen LogP contribution >= 0.6 is 23.4 Å². The minimum Gasteiger partial charge on any atom is -0.310 e. The minimum absolute atomic E-state index is 0.286. The van der Waals surface area contributed by atoms with Crippen molar-refractivity contribution in [2.75, 3.05) is 6.54 Å². The molecule has 2 rings (SSSR count). The standard InChI is InChI=1S/C16H19ClN2S/c1-3-10-18-12(2)13-7-6-11-19-16(13)20-15-9-5-4-8-14(15)17/h4-9,11-12,18H,3,10H2,1-2H3. The lowest BCUT2D eigenvalue weighted by atomic mass is 10.1. The van der Waals surface area contributed by atoms with Crippen LogP contribution in [0.3, 0.4) is 0 Å². The summed E-state index contributed by atoms with van der Waals surface area (Å²) in [6.45, 7) is 5.35.